The molecule has 0 bridgehead atoms. The molecule has 1 saturated heterocycles. The maximum absolute atomic E-state index is 12.8. The van der Waals surface area contributed by atoms with Crippen molar-refractivity contribution in [1.82, 2.24) is 4.31 Å². The summed E-state index contributed by atoms with van der Waals surface area (Å²) in [5, 5.41) is 0. The fraction of sp³-hybridized carbons (Fsp3) is 0.467. The monoisotopic (exact) mass is 321 g/mol. The van der Waals surface area contributed by atoms with E-state index in [4.69, 9.17) is 0 Å². The van der Waals surface area contributed by atoms with Gasteiger partial charge in [0.15, 0.2) is 0 Å². The van der Waals surface area contributed by atoms with Crippen LogP contribution >= 0.6 is 0 Å². The number of carbonyl (C=O) groups is 2. The third-order valence-electron chi connectivity index (χ3n) is 4.47. The smallest absolute Gasteiger partial charge is 0.299 e. The zero-order chi connectivity index (χ0) is 16.1. The minimum Gasteiger partial charge on any atom is -0.308 e. The van der Waals surface area contributed by atoms with Crippen LogP contribution in [0.25, 0.3) is 0 Å². The third kappa shape index (κ3) is 2.07. The molecule has 1 aromatic rings. The number of rotatable bonds is 3. The normalized spacial score (nSPS) is 22.5. The zero-order valence-electron chi connectivity index (χ0n) is 12.6. The highest BCUT2D eigenvalue weighted by Crippen LogP contribution is 2.33. The molecule has 1 atom stereocenters. The second kappa shape index (κ2) is 5.17. The highest BCUT2D eigenvalue weighted by molar-refractivity contribution is 7.89. The van der Waals surface area contributed by atoms with Crippen molar-refractivity contribution in [3.63, 3.8) is 0 Å². The molecule has 0 radical (unpaired) electrons. The third-order valence-corrected chi connectivity index (χ3v) is 6.42. The lowest BCUT2D eigenvalue weighted by atomic mass is 10.1. The van der Waals surface area contributed by atoms with Crippen molar-refractivity contribution in [1.29, 1.82) is 0 Å². The summed E-state index contributed by atoms with van der Waals surface area (Å²) in [6.07, 6.45) is 2.48. The van der Waals surface area contributed by atoms with E-state index in [0.29, 0.717) is 12.2 Å². The molecule has 6 nitrogen and oxygen atoms in total. The van der Waals surface area contributed by atoms with Gasteiger partial charge >= 0.3 is 0 Å². The van der Waals surface area contributed by atoms with Gasteiger partial charge in [0.1, 0.15) is 0 Å². The van der Waals surface area contributed by atoms with Crippen molar-refractivity contribution in [3.8, 4) is 0 Å². The Kier molecular flexibility index (Phi) is 3.57. The minimum absolute atomic E-state index is 0.0123. The van der Waals surface area contributed by atoms with Crippen molar-refractivity contribution in [2.24, 2.45) is 0 Å². The molecule has 1 amide bonds. The topological polar surface area (TPSA) is 74.8 Å². The van der Waals surface area contributed by atoms with Crippen LogP contribution in [-0.2, 0) is 14.8 Å². The second-order valence-electron chi connectivity index (χ2n) is 5.69. The Morgan fingerprint density at radius 2 is 2.00 bits per heavy atom. The van der Waals surface area contributed by atoms with Crippen LogP contribution in [0.4, 0.5) is 5.69 Å². The molecule has 2 aliphatic rings. The summed E-state index contributed by atoms with van der Waals surface area (Å²) < 4.78 is 27.1. The summed E-state index contributed by atoms with van der Waals surface area (Å²) in [5.41, 5.74) is 0.628. The van der Waals surface area contributed by atoms with Crippen LogP contribution in [0.5, 0.6) is 0 Å². The van der Waals surface area contributed by atoms with Gasteiger partial charge in [-0.05, 0) is 37.5 Å². The zero-order valence-corrected chi connectivity index (χ0v) is 13.4. The number of sulfonamides is 1. The first-order valence-corrected chi connectivity index (χ1v) is 8.80. The summed E-state index contributed by atoms with van der Waals surface area (Å²) in [7, 11) is -2.12. The van der Waals surface area contributed by atoms with E-state index >= 15 is 0 Å². The fourth-order valence-corrected chi connectivity index (χ4v) is 4.99. The lowest BCUT2D eigenvalue weighted by Gasteiger charge is -2.23. The molecule has 0 saturated carbocycles. The number of hydrogen-bond acceptors (Lipinski definition) is 4. The number of Topliss-reactive ketones (excluding diaryl/α,β-unsaturated/α-hetero) is 1. The van der Waals surface area contributed by atoms with Crippen LogP contribution in [0.2, 0.25) is 0 Å². The molecule has 118 valence electrons. The predicted octanol–water partition coefficient (Wildman–Crippen LogP) is 1.41. The van der Waals surface area contributed by atoms with Gasteiger partial charge in [-0.15, -0.1) is 0 Å². The number of ketones is 1. The number of hydrogen-bond donors (Lipinski definition) is 0. The maximum Gasteiger partial charge on any atom is 0.299 e. The van der Waals surface area contributed by atoms with E-state index in [-0.39, 0.29) is 16.5 Å². The maximum atomic E-state index is 12.8. The van der Waals surface area contributed by atoms with E-state index in [9.17, 15) is 18.0 Å². The number of nitrogens with zero attached hydrogens (tertiary/aromatic N) is 2. The van der Waals surface area contributed by atoms with Crippen molar-refractivity contribution < 1.29 is 18.0 Å². The Morgan fingerprint density at radius 1 is 1.27 bits per heavy atom. The molecule has 0 N–H and O–H groups in total. The summed E-state index contributed by atoms with van der Waals surface area (Å²) in [5.74, 6) is -1.28. The first kappa shape index (κ1) is 15.2. The van der Waals surface area contributed by atoms with E-state index in [0.717, 1.165) is 19.3 Å². The Hall–Kier alpha value is -1.73. The van der Waals surface area contributed by atoms with Crippen molar-refractivity contribution in [3.05, 3.63) is 23.8 Å². The van der Waals surface area contributed by atoms with Gasteiger partial charge in [-0.2, -0.15) is 4.31 Å². The highest BCUT2D eigenvalue weighted by Gasteiger charge is 2.38. The van der Waals surface area contributed by atoms with Gasteiger partial charge in [-0.1, -0.05) is 6.92 Å². The summed E-state index contributed by atoms with van der Waals surface area (Å²) in [6.45, 7) is 2.48. The van der Waals surface area contributed by atoms with Gasteiger partial charge in [0, 0.05) is 19.6 Å². The van der Waals surface area contributed by atoms with Crippen LogP contribution in [0.1, 0.15) is 36.5 Å². The van der Waals surface area contributed by atoms with Crippen molar-refractivity contribution in [2.45, 2.75) is 37.1 Å². The van der Waals surface area contributed by atoms with E-state index < -0.39 is 21.7 Å². The quantitative estimate of drug-likeness (QED) is 0.789. The minimum atomic E-state index is -3.63. The molecular weight excluding hydrogens is 303 g/mol. The van der Waals surface area contributed by atoms with Crippen molar-refractivity contribution >= 4 is 27.4 Å². The van der Waals surface area contributed by atoms with E-state index in [2.05, 4.69) is 0 Å². The fourth-order valence-electron chi connectivity index (χ4n) is 3.20. The van der Waals surface area contributed by atoms with Gasteiger partial charge in [-0.25, -0.2) is 8.42 Å². The standard InChI is InChI=1S/C15H18N2O4S/c1-3-10-5-4-8-17(10)22(20,21)11-6-7-13-12(9-11)14(18)15(19)16(13)2/h6-7,9-10H,3-5,8H2,1-2H3/t10-/m1/s1/i2-1. The van der Waals surface area contributed by atoms with E-state index in [1.165, 1.54) is 34.5 Å². The first-order chi connectivity index (χ1) is 10.4. The molecule has 1 aromatic carbocycles. The molecule has 2 heterocycles. The molecule has 0 spiro atoms. The summed E-state index contributed by atoms with van der Waals surface area (Å²) >= 11 is 0. The Morgan fingerprint density at radius 3 is 2.68 bits per heavy atom. The number of amides is 1. The largest absolute Gasteiger partial charge is 0.308 e. The molecule has 0 aromatic heterocycles. The molecule has 0 unspecified atom stereocenters. The van der Waals surface area contributed by atoms with Crippen LogP contribution < -0.4 is 4.90 Å². The number of benzene rings is 1. The van der Waals surface area contributed by atoms with Gasteiger partial charge < -0.3 is 4.90 Å². The van der Waals surface area contributed by atoms with Crippen LogP contribution in [0.15, 0.2) is 23.1 Å². The first-order valence-electron chi connectivity index (χ1n) is 7.36. The number of fused-ring (bicyclic) bond motifs is 1. The van der Waals surface area contributed by atoms with Crippen LogP contribution in [0, 0.1) is 0 Å². The SMILES string of the molecule is CC[C@@H]1CCCN1S(=O)(=O)c1ccc2c(c1)C(=O)C(=O)N2[11CH3]. The van der Waals surface area contributed by atoms with E-state index in [1.54, 1.807) is 0 Å². The van der Waals surface area contributed by atoms with Gasteiger partial charge in [-0.3, -0.25) is 9.59 Å². The number of likely N-dealkylation sites (N-methyl/N-ethyl adjacent to an activating group) is 1. The van der Waals surface area contributed by atoms with Gasteiger partial charge in [0.2, 0.25) is 10.0 Å². The molecule has 7 heteroatoms. The lowest BCUT2D eigenvalue weighted by Crippen LogP contribution is -2.35. The summed E-state index contributed by atoms with van der Waals surface area (Å²) in [6, 6.07) is 4.35. The lowest BCUT2D eigenvalue weighted by molar-refractivity contribution is -0.114. The van der Waals surface area contributed by atoms with Crippen molar-refractivity contribution in [2.75, 3.05) is 18.5 Å². The average Bonchev–Trinajstić information content (AvgIpc) is 3.08. The number of anilines is 1. The summed E-state index contributed by atoms with van der Waals surface area (Å²) in [4.78, 5) is 25.0. The Labute approximate surface area is 129 Å². The highest BCUT2D eigenvalue weighted by atomic mass is 32.2. The second-order valence-corrected chi connectivity index (χ2v) is 7.58. The number of carbonyl (C=O) groups excluding carboxylic acids is 2. The Bertz CT molecular complexity index is 757. The predicted molar refractivity (Wildman–Crippen MR) is 81.4 cm³/mol. The van der Waals surface area contributed by atoms with E-state index in [1.807, 2.05) is 6.92 Å². The molecule has 0 aliphatic carbocycles. The van der Waals surface area contributed by atoms with Gasteiger partial charge in [0.25, 0.3) is 11.7 Å². The molecule has 3 rings (SSSR count). The molecule has 2 aliphatic heterocycles. The molecule has 22 heavy (non-hydrogen) atoms. The Balaban J connectivity index is 2.04. The van der Waals surface area contributed by atoms with Crippen LogP contribution in [0.3, 0.4) is 0 Å². The molecular formula is C15H18N2O4S. The van der Waals surface area contributed by atoms with Gasteiger partial charge in [0.05, 0.1) is 16.1 Å². The average molecular weight is 321 g/mol. The molecule has 1 fully saturated rings. The van der Waals surface area contributed by atoms with Crippen LogP contribution in [-0.4, -0.2) is 44.0 Å².